The van der Waals surface area contributed by atoms with Crippen LogP contribution in [0.4, 0.5) is 34.6 Å². The van der Waals surface area contributed by atoms with Gasteiger partial charge in [0.05, 0.1) is 61.8 Å². The maximum atomic E-state index is 11.3. The van der Waals surface area contributed by atoms with Crippen LogP contribution in [0.3, 0.4) is 0 Å². The molecule has 0 bridgehead atoms. The molecule has 1 heterocycles. The molecule has 0 atom stereocenters. The number of ether oxygens (including phenoxy) is 4. The first-order valence-corrected chi connectivity index (χ1v) is 9.84. The Hall–Kier alpha value is -4.66. The summed E-state index contributed by atoms with van der Waals surface area (Å²) in [6.45, 7) is 0. The van der Waals surface area contributed by atoms with E-state index in [0.29, 0.717) is 0 Å². The topological polar surface area (TPSA) is 186 Å². The highest BCUT2D eigenvalue weighted by Gasteiger charge is 2.22. The van der Waals surface area contributed by atoms with Gasteiger partial charge in [0, 0.05) is 12.1 Å². The van der Waals surface area contributed by atoms with Crippen molar-refractivity contribution in [1.82, 2.24) is 15.0 Å². The first-order valence-electron chi connectivity index (χ1n) is 9.47. The Balaban J connectivity index is 1.99. The number of nitrogens with one attached hydrogen (secondary N) is 2. The van der Waals surface area contributed by atoms with Gasteiger partial charge in [-0.05, 0) is 11.6 Å². The molecule has 16 heteroatoms. The molecule has 0 aliphatic heterocycles. The molecule has 35 heavy (non-hydrogen) atoms. The van der Waals surface area contributed by atoms with E-state index in [1.54, 1.807) is 0 Å². The fourth-order valence-electron chi connectivity index (χ4n) is 2.95. The van der Waals surface area contributed by atoms with Crippen molar-refractivity contribution >= 4 is 46.2 Å². The van der Waals surface area contributed by atoms with E-state index in [4.69, 9.17) is 30.5 Å². The van der Waals surface area contributed by atoms with Crippen LogP contribution in [0.15, 0.2) is 24.3 Å². The molecule has 184 valence electrons. The monoisotopic (exact) mass is 507 g/mol. The van der Waals surface area contributed by atoms with Crippen LogP contribution >= 0.6 is 11.6 Å². The van der Waals surface area contributed by atoms with Crippen molar-refractivity contribution < 1.29 is 28.8 Å². The number of nitrogens with zero attached hydrogens (tertiary/aromatic N) is 5. The summed E-state index contributed by atoms with van der Waals surface area (Å²) in [5.41, 5.74) is -0.106. The van der Waals surface area contributed by atoms with Gasteiger partial charge in [-0.15, -0.1) is 0 Å². The van der Waals surface area contributed by atoms with Gasteiger partial charge >= 0.3 is 11.4 Å². The van der Waals surface area contributed by atoms with Crippen LogP contribution in [-0.2, 0) is 0 Å². The number of rotatable bonds is 10. The van der Waals surface area contributed by atoms with Crippen molar-refractivity contribution in [3.63, 3.8) is 0 Å². The summed E-state index contributed by atoms with van der Waals surface area (Å²) in [6, 6.07) is 5.03. The van der Waals surface area contributed by atoms with Gasteiger partial charge in [0.2, 0.25) is 17.2 Å². The minimum Gasteiger partial charge on any atom is -0.494 e. The molecule has 0 radical (unpaired) electrons. The summed E-state index contributed by atoms with van der Waals surface area (Å²) in [5.74, 6) is 0.0822. The van der Waals surface area contributed by atoms with E-state index in [9.17, 15) is 20.2 Å². The van der Waals surface area contributed by atoms with Crippen LogP contribution < -0.4 is 29.6 Å². The molecule has 0 aliphatic rings. The number of hydrogen-bond donors (Lipinski definition) is 2. The zero-order valence-corrected chi connectivity index (χ0v) is 19.4. The van der Waals surface area contributed by atoms with E-state index in [1.165, 1.54) is 52.7 Å². The van der Waals surface area contributed by atoms with Gasteiger partial charge in [-0.1, -0.05) is 0 Å². The minimum absolute atomic E-state index is 0.0282. The predicted molar refractivity (Wildman–Crippen MR) is 124 cm³/mol. The van der Waals surface area contributed by atoms with Crippen LogP contribution in [-0.4, -0.2) is 53.2 Å². The van der Waals surface area contributed by atoms with Crippen molar-refractivity contribution in [2.45, 2.75) is 0 Å². The highest BCUT2D eigenvalue weighted by molar-refractivity contribution is 6.28. The average molecular weight is 508 g/mol. The number of methoxy groups -OCH3 is 4. The Labute approximate surface area is 202 Å². The van der Waals surface area contributed by atoms with Crippen molar-refractivity contribution in [1.29, 1.82) is 0 Å². The van der Waals surface area contributed by atoms with E-state index in [1.807, 2.05) is 0 Å². The number of nitro groups is 2. The van der Waals surface area contributed by atoms with Crippen molar-refractivity contribution in [2.75, 3.05) is 39.1 Å². The van der Waals surface area contributed by atoms with Crippen molar-refractivity contribution in [3.8, 4) is 23.0 Å². The Morgan fingerprint density at radius 1 is 0.686 bits per heavy atom. The number of benzene rings is 2. The number of halogens is 1. The van der Waals surface area contributed by atoms with Crippen LogP contribution in [0, 0.1) is 20.2 Å². The molecule has 15 nitrogen and oxygen atoms in total. The van der Waals surface area contributed by atoms with E-state index < -0.39 is 9.85 Å². The Kier molecular flexibility index (Phi) is 7.50. The second kappa shape index (κ2) is 10.5. The molecule has 0 aliphatic carbocycles. The normalized spacial score (nSPS) is 10.3. The number of nitro benzene ring substituents is 2. The summed E-state index contributed by atoms with van der Waals surface area (Å²) >= 11 is 6.05. The van der Waals surface area contributed by atoms with Gasteiger partial charge in [-0.3, -0.25) is 20.2 Å². The second-order valence-corrected chi connectivity index (χ2v) is 6.80. The fraction of sp³-hybridized carbons (Fsp3) is 0.211. The molecular weight excluding hydrogens is 490 g/mol. The Bertz CT molecular complexity index is 1200. The lowest BCUT2D eigenvalue weighted by Crippen LogP contribution is -2.06. The van der Waals surface area contributed by atoms with Gasteiger partial charge in [0.1, 0.15) is 11.5 Å². The van der Waals surface area contributed by atoms with Crippen LogP contribution in [0.5, 0.6) is 23.0 Å². The van der Waals surface area contributed by atoms with Crippen LogP contribution in [0.1, 0.15) is 0 Å². The molecule has 3 rings (SSSR count). The molecule has 0 saturated carbocycles. The van der Waals surface area contributed by atoms with Gasteiger partial charge in [0.25, 0.3) is 0 Å². The first kappa shape index (κ1) is 25.0. The van der Waals surface area contributed by atoms with Crippen LogP contribution in [0.2, 0.25) is 5.28 Å². The van der Waals surface area contributed by atoms with Crippen LogP contribution in [0.25, 0.3) is 0 Å². The van der Waals surface area contributed by atoms with Crippen molar-refractivity contribution in [3.05, 3.63) is 49.8 Å². The highest BCUT2D eigenvalue weighted by atomic mass is 35.5. The van der Waals surface area contributed by atoms with Gasteiger partial charge < -0.3 is 29.6 Å². The van der Waals surface area contributed by atoms with Gasteiger partial charge in [0.15, 0.2) is 11.5 Å². The standard InChI is InChI=1S/C19H18ClN7O8/c1-32-13-7-11(26(28)29)15(34-3)5-9(13)21-18-23-17(20)24-19(25-18)22-10-6-16(35-4)12(27(30)31)8-14(10)33-2/h5-8H,1-4H3,(H2,21,22,23,24,25). The predicted octanol–water partition coefficient (Wildman–Crippen LogP) is 3.86. The van der Waals surface area contributed by atoms with E-state index in [0.717, 1.165) is 0 Å². The largest absolute Gasteiger partial charge is 0.494 e. The number of anilines is 4. The average Bonchev–Trinajstić information content (AvgIpc) is 2.82. The smallest absolute Gasteiger partial charge is 0.314 e. The van der Waals surface area contributed by atoms with E-state index >= 15 is 0 Å². The van der Waals surface area contributed by atoms with E-state index in [2.05, 4.69) is 25.6 Å². The maximum Gasteiger partial charge on any atom is 0.314 e. The Morgan fingerprint density at radius 2 is 1.06 bits per heavy atom. The fourth-order valence-corrected chi connectivity index (χ4v) is 3.11. The Morgan fingerprint density at radius 3 is 1.37 bits per heavy atom. The lowest BCUT2D eigenvalue weighted by atomic mass is 10.2. The number of hydrogen-bond acceptors (Lipinski definition) is 13. The quantitative estimate of drug-likeness (QED) is 0.297. The SMILES string of the molecule is COc1cc([N+](=O)[O-])c(OC)cc1Nc1nc(Cl)nc(Nc2cc(OC)c([N+](=O)[O-])cc2OC)n1. The van der Waals surface area contributed by atoms with Gasteiger partial charge in [-0.25, -0.2) is 0 Å². The molecule has 0 saturated heterocycles. The molecule has 0 amide bonds. The summed E-state index contributed by atoms with van der Waals surface area (Å²) in [7, 11) is 5.23. The lowest BCUT2D eigenvalue weighted by molar-refractivity contribution is -0.385. The van der Waals surface area contributed by atoms with Gasteiger partial charge in [-0.2, -0.15) is 15.0 Å². The molecule has 0 fully saturated rings. The lowest BCUT2D eigenvalue weighted by Gasteiger charge is -2.14. The summed E-state index contributed by atoms with van der Waals surface area (Å²) < 4.78 is 20.6. The molecule has 0 spiro atoms. The molecule has 1 aromatic heterocycles. The third kappa shape index (κ3) is 5.47. The molecular formula is C19H18ClN7O8. The molecule has 0 unspecified atom stereocenters. The molecule has 2 N–H and O–H groups in total. The van der Waals surface area contributed by atoms with Crippen molar-refractivity contribution in [2.24, 2.45) is 0 Å². The highest BCUT2D eigenvalue weighted by Crippen LogP contribution is 2.40. The van der Waals surface area contributed by atoms with E-state index in [-0.39, 0.29) is 62.9 Å². The zero-order chi connectivity index (χ0) is 25.7. The molecule has 3 aromatic rings. The number of aromatic nitrogens is 3. The third-order valence-electron chi connectivity index (χ3n) is 4.50. The third-order valence-corrected chi connectivity index (χ3v) is 4.67. The molecule has 2 aromatic carbocycles. The summed E-state index contributed by atoms with van der Waals surface area (Å²) in [5, 5.41) is 28.0. The summed E-state index contributed by atoms with van der Waals surface area (Å²) in [6.07, 6.45) is 0. The maximum absolute atomic E-state index is 11.3. The first-order chi connectivity index (χ1) is 16.7. The second-order valence-electron chi connectivity index (χ2n) is 6.46. The minimum atomic E-state index is -0.612. The zero-order valence-electron chi connectivity index (χ0n) is 18.7. The summed E-state index contributed by atoms with van der Waals surface area (Å²) in [4.78, 5) is 33.5.